The summed E-state index contributed by atoms with van der Waals surface area (Å²) in [4.78, 5) is 16.7. The Bertz CT molecular complexity index is 1150. The first kappa shape index (κ1) is 32.9. The minimum absolute atomic E-state index is 0.00743. The number of nitrogens with zero attached hydrogens (tertiary/aromatic N) is 2. The third kappa shape index (κ3) is 11.5. The number of carbonyl (C=O) groups excluding carboxylic acids is 1. The van der Waals surface area contributed by atoms with Gasteiger partial charge in [0.05, 0.1) is 24.4 Å². The molecule has 0 atom stereocenters. The molecule has 212 valence electrons. The number of rotatable bonds is 11. The van der Waals surface area contributed by atoms with Gasteiger partial charge in [-0.15, -0.1) is 0 Å². The predicted molar refractivity (Wildman–Crippen MR) is 149 cm³/mol. The van der Waals surface area contributed by atoms with Crippen molar-refractivity contribution < 1.29 is 23.1 Å². The largest absolute Gasteiger partial charge is 0.418 e. The highest BCUT2D eigenvalue weighted by Crippen LogP contribution is 2.32. The van der Waals surface area contributed by atoms with Gasteiger partial charge >= 0.3 is 6.18 Å². The van der Waals surface area contributed by atoms with Crippen LogP contribution in [0.1, 0.15) is 32.8 Å². The Labute approximate surface area is 227 Å². The maximum absolute atomic E-state index is 13.6. The first-order valence-corrected chi connectivity index (χ1v) is 12.3. The zero-order valence-corrected chi connectivity index (χ0v) is 22.4. The molecule has 0 spiro atoms. The van der Waals surface area contributed by atoms with Gasteiger partial charge in [-0.3, -0.25) is 9.78 Å². The lowest BCUT2D eigenvalue weighted by Gasteiger charge is -2.17. The van der Waals surface area contributed by atoms with Gasteiger partial charge in [0.2, 0.25) is 0 Å². The number of carbonyl (C=O) groups is 1. The number of aliphatic hydroxyl groups is 1. The number of aromatic nitrogens is 1. The van der Waals surface area contributed by atoms with Gasteiger partial charge in [0, 0.05) is 47.7 Å². The maximum Gasteiger partial charge on any atom is 0.418 e. The molecule has 0 aliphatic heterocycles. The molecule has 0 unspecified atom stereocenters. The average Bonchev–Trinajstić information content (AvgIpc) is 3.11. The van der Waals surface area contributed by atoms with Crippen molar-refractivity contribution in [1.29, 1.82) is 0 Å². The number of hydrogen-bond donors (Lipinski definition) is 5. The molecule has 1 aliphatic rings. The van der Waals surface area contributed by atoms with E-state index in [0.29, 0.717) is 17.8 Å². The molecule has 0 bridgehead atoms. The summed E-state index contributed by atoms with van der Waals surface area (Å²) in [5, 5.41) is 15.4. The van der Waals surface area contributed by atoms with Crippen LogP contribution in [0.2, 0.25) is 0 Å². The van der Waals surface area contributed by atoms with Crippen LogP contribution in [0.15, 0.2) is 102 Å². The van der Waals surface area contributed by atoms with E-state index < -0.39 is 17.7 Å². The zero-order valence-electron chi connectivity index (χ0n) is 22.4. The molecule has 1 aromatic heterocycles. The predicted octanol–water partition coefficient (Wildman–Crippen LogP) is 3.96. The normalized spacial score (nSPS) is 14.6. The molecule has 11 heteroatoms. The van der Waals surface area contributed by atoms with E-state index in [-0.39, 0.29) is 36.5 Å². The third-order valence-corrected chi connectivity index (χ3v) is 5.00. The molecule has 1 amide bonds. The van der Waals surface area contributed by atoms with E-state index in [0.717, 1.165) is 11.6 Å². The summed E-state index contributed by atoms with van der Waals surface area (Å²) in [5.41, 5.74) is 6.97. The van der Waals surface area contributed by atoms with Crippen LogP contribution < -0.4 is 22.2 Å². The van der Waals surface area contributed by atoms with E-state index in [1.807, 2.05) is 13.8 Å². The Morgan fingerprint density at radius 2 is 2.00 bits per heavy atom. The van der Waals surface area contributed by atoms with Crippen molar-refractivity contribution in [3.05, 3.63) is 107 Å². The highest BCUT2D eigenvalue weighted by molar-refractivity contribution is 5.97. The molecule has 1 aromatic rings. The Morgan fingerprint density at radius 3 is 2.59 bits per heavy atom. The van der Waals surface area contributed by atoms with Crippen LogP contribution in [-0.2, 0) is 4.79 Å². The molecule has 2 rings (SSSR count). The molecule has 1 aliphatic carbocycles. The van der Waals surface area contributed by atoms with E-state index in [9.17, 15) is 18.0 Å². The maximum atomic E-state index is 13.6. The molecule has 0 saturated carbocycles. The minimum atomic E-state index is -4.66. The molecule has 1 heterocycles. The van der Waals surface area contributed by atoms with E-state index in [2.05, 4.69) is 22.2 Å². The number of hydrazine groups is 1. The van der Waals surface area contributed by atoms with Gasteiger partial charge in [0.1, 0.15) is 0 Å². The average molecular weight is 547 g/mol. The molecule has 0 fully saturated rings. The number of amides is 1. The number of nitrogens with two attached hydrogens (primary N) is 2. The van der Waals surface area contributed by atoms with Crippen molar-refractivity contribution in [3.8, 4) is 0 Å². The summed E-state index contributed by atoms with van der Waals surface area (Å²) >= 11 is 0. The summed E-state index contributed by atoms with van der Waals surface area (Å²) < 4.78 is 40.8. The molecule has 8 nitrogen and oxygen atoms in total. The van der Waals surface area contributed by atoms with Gasteiger partial charge in [-0.2, -0.15) is 13.2 Å². The molecule has 39 heavy (non-hydrogen) atoms. The number of halogens is 3. The van der Waals surface area contributed by atoms with Crippen LogP contribution in [0, 0.1) is 0 Å². The fourth-order valence-electron chi connectivity index (χ4n) is 3.23. The van der Waals surface area contributed by atoms with Gasteiger partial charge in [-0.1, -0.05) is 50.3 Å². The van der Waals surface area contributed by atoms with Gasteiger partial charge < -0.3 is 26.5 Å². The number of allylic oxidation sites excluding steroid dienone is 6. The van der Waals surface area contributed by atoms with Crippen molar-refractivity contribution in [2.75, 3.05) is 19.7 Å². The Kier molecular flexibility index (Phi) is 14.1. The zero-order chi connectivity index (χ0) is 29.4. The lowest BCUT2D eigenvalue weighted by molar-refractivity contribution is -0.116. The van der Waals surface area contributed by atoms with Crippen molar-refractivity contribution in [3.63, 3.8) is 0 Å². The summed E-state index contributed by atoms with van der Waals surface area (Å²) in [7, 11) is 0. The van der Waals surface area contributed by atoms with Crippen molar-refractivity contribution >= 4 is 11.6 Å². The van der Waals surface area contributed by atoms with Crippen LogP contribution in [0.25, 0.3) is 5.70 Å². The summed E-state index contributed by atoms with van der Waals surface area (Å²) in [6.07, 6.45) is 8.40. The van der Waals surface area contributed by atoms with Crippen LogP contribution in [-0.4, -0.2) is 46.9 Å². The van der Waals surface area contributed by atoms with Crippen LogP contribution in [0.4, 0.5) is 13.2 Å². The smallest absolute Gasteiger partial charge is 0.397 e. The Morgan fingerprint density at radius 1 is 1.28 bits per heavy atom. The van der Waals surface area contributed by atoms with Crippen molar-refractivity contribution in [1.82, 2.24) is 20.6 Å². The highest BCUT2D eigenvalue weighted by Gasteiger charge is 2.36. The number of nitrogens with one attached hydrogen (secondary N) is 2. The second-order valence-corrected chi connectivity index (χ2v) is 8.01. The summed E-state index contributed by atoms with van der Waals surface area (Å²) in [6.45, 7) is 9.34. The Hall–Kier alpha value is -4.09. The second kappa shape index (κ2) is 16.7. The van der Waals surface area contributed by atoms with E-state index in [4.69, 9.17) is 16.7 Å². The fourth-order valence-corrected chi connectivity index (χ4v) is 3.23. The molecule has 0 aromatic carbocycles. The van der Waals surface area contributed by atoms with E-state index >= 15 is 0 Å². The Balaban J connectivity index is 0.00000371. The standard InChI is InChI=1S/C26H31F3N6O2.C2H6/c1-3-19(10-9-18(2)16-35(31)17-23(30)20-6-5-11-32-15-20)25(37)34-21-7-4-8-24(33-12-13-36)22(14-21)26(27,28)29;1-2/h3,5-11,14-15,17,33,36H,1,4,12-13,16,30-31H2,2H3,(H,34,37);1-2H3/b18-9-,19-10+,23-17-;. The summed E-state index contributed by atoms with van der Waals surface area (Å²) in [6, 6.07) is 3.55. The number of hydrogen-bond acceptors (Lipinski definition) is 7. The number of alkyl halides is 3. The van der Waals surface area contributed by atoms with Crippen LogP contribution >= 0.6 is 0 Å². The number of pyridine rings is 1. The molecular weight excluding hydrogens is 509 g/mol. The topological polar surface area (TPSA) is 130 Å². The molecule has 7 N–H and O–H groups in total. The van der Waals surface area contributed by atoms with Gasteiger partial charge in [-0.05, 0) is 37.6 Å². The molecule has 0 saturated heterocycles. The number of aliphatic hydroxyl groups excluding tert-OH is 1. The van der Waals surface area contributed by atoms with Gasteiger partial charge in [0.15, 0.2) is 0 Å². The monoisotopic (exact) mass is 546 g/mol. The third-order valence-electron chi connectivity index (χ3n) is 5.00. The minimum Gasteiger partial charge on any atom is -0.397 e. The first-order valence-electron chi connectivity index (χ1n) is 12.3. The van der Waals surface area contributed by atoms with E-state index in [1.165, 1.54) is 29.3 Å². The quantitative estimate of drug-likeness (QED) is 0.123. The van der Waals surface area contributed by atoms with Crippen molar-refractivity contribution in [2.45, 2.75) is 33.4 Å². The van der Waals surface area contributed by atoms with Gasteiger partial charge in [-0.25, -0.2) is 5.84 Å². The van der Waals surface area contributed by atoms with Crippen molar-refractivity contribution in [2.24, 2.45) is 11.6 Å². The second-order valence-electron chi connectivity index (χ2n) is 8.01. The van der Waals surface area contributed by atoms with E-state index in [1.54, 1.807) is 43.7 Å². The van der Waals surface area contributed by atoms with Gasteiger partial charge in [0.25, 0.3) is 5.91 Å². The molecular formula is C28H37F3N6O2. The SMILES string of the molecule is C=C/C(=C\C=C(\C)CN(N)/C=C(\N)c1cccnc1)C(=O)NC1=CCC=C(NCCO)C(C(F)(F)F)=C1.CC. The lowest BCUT2D eigenvalue weighted by atomic mass is 10.1. The highest BCUT2D eigenvalue weighted by atomic mass is 19.4. The molecule has 0 radical (unpaired) electrons. The van der Waals surface area contributed by atoms with Crippen LogP contribution in [0.5, 0.6) is 0 Å². The first-order chi connectivity index (χ1) is 18.5. The lowest BCUT2D eigenvalue weighted by Crippen LogP contribution is -2.28. The summed E-state index contributed by atoms with van der Waals surface area (Å²) in [5.74, 6) is 5.38. The fraction of sp³-hybridized carbons (Fsp3) is 0.286. The van der Waals surface area contributed by atoms with Crippen LogP contribution in [0.3, 0.4) is 0 Å².